The Balaban J connectivity index is 0.000000638. The third kappa shape index (κ3) is 9.30. The minimum atomic E-state index is -5.08. The van der Waals surface area contributed by atoms with E-state index in [1.807, 2.05) is 37.3 Å². The van der Waals surface area contributed by atoms with Crippen LogP contribution in [0.2, 0.25) is 0 Å². The van der Waals surface area contributed by atoms with Crippen LogP contribution in [0.15, 0.2) is 54.6 Å². The van der Waals surface area contributed by atoms with Gasteiger partial charge >= 0.3 is 12.1 Å². The molecule has 38 heavy (non-hydrogen) atoms. The molecular weight excluding hydrogens is 527 g/mol. The number of sulfonamides is 1. The molecule has 13 heteroatoms. The Labute approximate surface area is 220 Å². The second-order valence-electron chi connectivity index (χ2n) is 8.53. The monoisotopic (exact) mass is 559 g/mol. The highest BCUT2D eigenvalue weighted by atomic mass is 32.2. The van der Waals surface area contributed by atoms with Gasteiger partial charge in [0.05, 0.1) is 18.4 Å². The molecule has 0 bridgehead atoms. The molecule has 1 fully saturated rings. The number of benzene rings is 2. The molecule has 1 aliphatic heterocycles. The lowest BCUT2D eigenvalue weighted by molar-refractivity contribution is -0.192. The molecule has 1 heterocycles. The highest BCUT2D eigenvalue weighted by molar-refractivity contribution is 7.89. The van der Waals surface area contributed by atoms with Crippen molar-refractivity contribution in [2.75, 3.05) is 52.1 Å². The lowest BCUT2D eigenvalue weighted by atomic mass is 10.0. The van der Waals surface area contributed by atoms with Crippen molar-refractivity contribution in [3.8, 4) is 5.75 Å². The molecule has 2 aromatic carbocycles. The van der Waals surface area contributed by atoms with E-state index < -0.39 is 22.2 Å². The van der Waals surface area contributed by atoms with Crippen LogP contribution in [0.3, 0.4) is 0 Å². The molecule has 210 valence electrons. The maximum Gasteiger partial charge on any atom is 0.490 e. The van der Waals surface area contributed by atoms with E-state index in [9.17, 15) is 26.4 Å². The van der Waals surface area contributed by atoms with Crippen molar-refractivity contribution < 1.29 is 41.0 Å². The second kappa shape index (κ2) is 14.1. The van der Waals surface area contributed by atoms with Crippen molar-refractivity contribution in [1.29, 1.82) is 0 Å². The molecule has 2 aromatic rings. The molecule has 1 atom stereocenters. The lowest BCUT2D eigenvalue weighted by Gasteiger charge is -2.30. The number of para-hydroxylation sites is 1. The van der Waals surface area contributed by atoms with Crippen LogP contribution in [0.1, 0.15) is 28.8 Å². The predicted octanol–water partition coefficient (Wildman–Crippen LogP) is 2.81. The van der Waals surface area contributed by atoms with Crippen molar-refractivity contribution in [3.05, 3.63) is 65.7 Å². The summed E-state index contributed by atoms with van der Waals surface area (Å²) in [6.07, 6.45) is -5.08. The Bertz CT molecular complexity index is 1160. The number of alkyl halides is 3. The molecule has 0 saturated carbocycles. The Morgan fingerprint density at radius 1 is 1.08 bits per heavy atom. The summed E-state index contributed by atoms with van der Waals surface area (Å²) in [6.45, 7) is 4.80. The van der Waals surface area contributed by atoms with E-state index in [0.29, 0.717) is 44.0 Å². The number of amides is 1. The molecule has 1 amide bonds. The predicted molar refractivity (Wildman–Crippen MR) is 136 cm³/mol. The normalized spacial score (nSPS) is 15.1. The quantitative estimate of drug-likeness (QED) is 0.486. The zero-order chi connectivity index (χ0) is 28.3. The standard InChI is InChI=1S/C23H31N3O4S.C2HF3O2/c1-19(20-8-4-3-5-9-20)18-25(23(27)21-10-6-7-11-22(21)30-2)16-17-31(28,29)26-14-12-24-13-15-26;3-2(4,5)1(6)7/h3-11,19,24H,12-18H2,1-2H3;(H,6,7). The average molecular weight is 560 g/mol. The first kappa shape index (κ1) is 31.1. The minimum Gasteiger partial charge on any atom is -0.496 e. The summed E-state index contributed by atoms with van der Waals surface area (Å²) in [5.74, 6) is -2.55. The highest BCUT2D eigenvalue weighted by Crippen LogP contribution is 2.22. The summed E-state index contributed by atoms with van der Waals surface area (Å²) in [6, 6.07) is 17.0. The number of halogens is 3. The first-order valence-electron chi connectivity index (χ1n) is 11.8. The number of carboxylic acid groups (broad SMARTS) is 1. The third-order valence-electron chi connectivity index (χ3n) is 5.82. The topological polar surface area (TPSA) is 116 Å². The van der Waals surface area contributed by atoms with Crippen molar-refractivity contribution >= 4 is 21.9 Å². The zero-order valence-corrected chi connectivity index (χ0v) is 22.0. The molecule has 0 spiro atoms. The van der Waals surface area contributed by atoms with Crippen molar-refractivity contribution in [2.45, 2.75) is 19.0 Å². The number of piperazine rings is 1. The molecule has 1 saturated heterocycles. The molecule has 9 nitrogen and oxygen atoms in total. The zero-order valence-electron chi connectivity index (χ0n) is 21.1. The van der Waals surface area contributed by atoms with E-state index in [2.05, 4.69) is 5.32 Å². The number of hydrogen-bond donors (Lipinski definition) is 2. The van der Waals surface area contributed by atoms with Gasteiger partial charge in [-0.15, -0.1) is 0 Å². The third-order valence-corrected chi connectivity index (χ3v) is 7.67. The summed E-state index contributed by atoms with van der Waals surface area (Å²) in [7, 11) is -1.92. The maximum atomic E-state index is 13.4. The van der Waals surface area contributed by atoms with E-state index >= 15 is 0 Å². The van der Waals surface area contributed by atoms with Crippen LogP contribution in [0.4, 0.5) is 13.2 Å². The molecule has 0 aromatic heterocycles. The van der Waals surface area contributed by atoms with Crippen molar-refractivity contribution in [3.63, 3.8) is 0 Å². The number of carboxylic acids is 1. The number of nitrogens with zero attached hydrogens (tertiary/aromatic N) is 2. The van der Waals surface area contributed by atoms with Gasteiger partial charge in [-0.3, -0.25) is 4.79 Å². The van der Waals surface area contributed by atoms with Gasteiger partial charge in [-0.2, -0.15) is 17.5 Å². The smallest absolute Gasteiger partial charge is 0.490 e. The molecule has 1 aliphatic rings. The fourth-order valence-electron chi connectivity index (χ4n) is 3.76. The van der Waals surface area contributed by atoms with E-state index in [1.165, 1.54) is 11.4 Å². The van der Waals surface area contributed by atoms with Crippen LogP contribution in [-0.4, -0.2) is 92.9 Å². The highest BCUT2D eigenvalue weighted by Gasteiger charge is 2.38. The van der Waals surface area contributed by atoms with Crippen LogP contribution >= 0.6 is 0 Å². The number of hydrogen-bond acceptors (Lipinski definition) is 6. The van der Waals surface area contributed by atoms with Crippen LogP contribution in [-0.2, 0) is 14.8 Å². The molecule has 0 aliphatic carbocycles. The summed E-state index contributed by atoms with van der Waals surface area (Å²) in [4.78, 5) is 23.9. The number of rotatable bonds is 9. The minimum absolute atomic E-state index is 0.0572. The summed E-state index contributed by atoms with van der Waals surface area (Å²) < 4.78 is 64.3. The maximum absolute atomic E-state index is 13.4. The van der Waals surface area contributed by atoms with Crippen LogP contribution in [0.5, 0.6) is 5.75 Å². The van der Waals surface area contributed by atoms with Gasteiger partial charge in [0.2, 0.25) is 10.0 Å². The van der Waals surface area contributed by atoms with Gasteiger partial charge < -0.3 is 20.1 Å². The Hall–Kier alpha value is -3.16. The molecule has 1 unspecified atom stereocenters. The van der Waals surface area contributed by atoms with Crippen LogP contribution in [0.25, 0.3) is 0 Å². The van der Waals surface area contributed by atoms with Gasteiger partial charge in [-0.25, -0.2) is 13.2 Å². The van der Waals surface area contributed by atoms with Crippen molar-refractivity contribution in [1.82, 2.24) is 14.5 Å². The second-order valence-corrected chi connectivity index (χ2v) is 10.6. The van der Waals surface area contributed by atoms with Crippen LogP contribution in [0, 0.1) is 0 Å². The van der Waals surface area contributed by atoms with Gasteiger partial charge in [0, 0.05) is 39.3 Å². The van der Waals surface area contributed by atoms with Gasteiger partial charge in [0.15, 0.2) is 0 Å². The molecule has 0 radical (unpaired) electrons. The fraction of sp³-hybridized carbons (Fsp3) is 0.440. The summed E-state index contributed by atoms with van der Waals surface area (Å²) >= 11 is 0. The first-order chi connectivity index (χ1) is 17.9. The number of carbonyl (C=O) groups excluding carboxylic acids is 1. The van der Waals surface area contributed by atoms with Crippen molar-refractivity contribution in [2.24, 2.45) is 0 Å². The first-order valence-corrected chi connectivity index (χ1v) is 13.4. The lowest BCUT2D eigenvalue weighted by Crippen LogP contribution is -2.48. The largest absolute Gasteiger partial charge is 0.496 e. The molecular formula is C25H32F3N3O6S. The van der Waals surface area contributed by atoms with E-state index in [4.69, 9.17) is 14.6 Å². The molecule has 2 N–H and O–H groups in total. The number of carbonyl (C=O) groups is 2. The van der Waals surface area contributed by atoms with Gasteiger partial charge in [0.1, 0.15) is 5.75 Å². The van der Waals surface area contributed by atoms with Gasteiger partial charge in [-0.1, -0.05) is 49.4 Å². The summed E-state index contributed by atoms with van der Waals surface area (Å²) in [5.41, 5.74) is 1.54. The van der Waals surface area contributed by atoms with E-state index in [0.717, 1.165) is 5.56 Å². The van der Waals surface area contributed by atoms with Gasteiger partial charge in [0.25, 0.3) is 5.91 Å². The number of ether oxygens (including phenoxy) is 1. The number of nitrogens with one attached hydrogen (secondary N) is 1. The van der Waals surface area contributed by atoms with E-state index in [-0.39, 0.29) is 24.1 Å². The Morgan fingerprint density at radius 2 is 1.63 bits per heavy atom. The average Bonchev–Trinajstić information content (AvgIpc) is 2.91. The Kier molecular flexibility index (Phi) is 11.5. The molecule has 3 rings (SSSR count). The Morgan fingerprint density at radius 3 is 2.18 bits per heavy atom. The number of aliphatic carboxylic acids is 1. The summed E-state index contributed by atoms with van der Waals surface area (Å²) in [5, 5.41) is 10.3. The van der Waals surface area contributed by atoms with Crippen LogP contribution < -0.4 is 10.1 Å². The fourth-order valence-corrected chi connectivity index (χ4v) is 5.21. The SMILES string of the molecule is COc1ccccc1C(=O)N(CCS(=O)(=O)N1CCNCC1)CC(C)c1ccccc1.O=C(O)C(F)(F)F. The van der Waals surface area contributed by atoms with Gasteiger partial charge in [-0.05, 0) is 23.6 Å². The number of methoxy groups -OCH3 is 1. The van der Waals surface area contributed by atoms with E-state index in [1.54, 1.807) is 29.2 Å².